The molecule has 1 aromatic rings. The molecule has 1 aromatic heterocycles. The van der Waals surface area contributed by atoms with Gasteiger partial charge in [-0.25, -0.2) is 9.97 Å². The Kier molecular flexibility index (Phi) is 5.23. The second kappa shape index (κ2) is 7.55. The van der Waals surface area contributed by atoms with Crippen molar-refractivity contribution in [2.45, 2.75) is 38.1 Å². The molecule has 0 bridgehead atoms. The number of nitrogens with zero attached hydrogens (tertiary/aromatic N) is 4. The van der Waals surface area contributed by atoms with Crippen molar-refractivity contribution in [2.24, 2.45) is 0 Å². The molecule has 2 aliphatic rings. The predicted molar refractivity (Wildman–Crippen MR) is 90.5 cm³/mol. The number of amides is 1. The van der Waals surface area contributed by atoms with Crippen LogP contribution in [0.1, 0.15) is 37.7 Å². The molecule has 0 spiro atoms. The van der Waals surface area contributed by atoms with Crippen LogP contribution in [0.25, 0.3) is 6.08 Å². The van der Waals surface area contributed by atoms with Crippen LogP contribution in [0, 0.1) is 0 Å². The average molecular weight is 315 g/mol. The van der Waals surface area contributed by atoms with Gasteiger partial charge in [-0.3, -0.25) is 9.69 Å². The van der Waals surface area contributed by atoms with E-state index < -0.39 is 0 Å². The minimum atomic E-state index is 0.0649. The van der Waals surface area contributed by atoms with Crippen molar-refractivity contribution in [2.75, 3.05) is 31.9 Å². The van der Waals surface area contributed by atoms with E-state index in [0.717, 1.165) is 44.2 Å². The highest BCUT2D eigenvalue weighted by Gasteiger charge is 2.25. The molecule has 3 rings (SSSR count). The normalized spacial score (nSPS) is 21.0. The first kappa shape index (κ1) is 15.9. The largest absolute Gasteiger partial charge is 0.368 e. The molecular formula is C17H25N5O. The number of aromatic nitrogens is 2. The maximum absolute atomic E-state index is 12.4. The molecule has 0 aromatic carbocycles. The lowest BCUT2D eigenvalue weighted by Gasteiger charge is -2.27. The maximum Gasteiger partial charge on any atom is 0.246 e. The van der Waals surface area contributed by atoms with Crippen molar-refractivity contribution in [3.63, 3.8) is 0 Å². The minimum Gasteiger partial charge on any atom is -0.368 e. The number of anilines is 1. The molecule has 2 fully saturated rings. The van der Waals surface area contributed by atoms with Gasteiger partial charge in [-0.2, -0.15) is 0 Å². The summed E-state index contributed by atoms with van der Waals surface area (Å²) in [5.74, 6) is 0.308. The predicted octanol–water partition coefficient (Wildman–Crippen LogP) is 1.55. The summed E-state index contributed by atoms with van der Waals surface area (Å²) in [7, 11) is 0. The topological polar surface area (TPSA) is 75.3 Å². The number of hydrogen-bond donors (Lipinski definition) is 1. The Hall–Kier alpha value is -1.95. The summed E-state index contributed by atoms with van der Waals surface area (Å²) in [5.41, 5.74) is 6.24. The molecule has 1 saturated heterocycles. The third kappa shape index (κ3) is 4.28. The lowest BCUT2D eigenvalue weighted by Crippen LogP contribution is -2.38. The van der Waals surface area contributed by atoms with E-state index in [9.17, 15) is 4.79 Å². The number of nitrogen functional groups attached to an aromatic ring is 1. The van der Waals surface area contributed by atoms with Crippen LogP contribution in [0.3, 0.4) is 0 Å². The molecule has 0 radical (unpaired) electrons. The molecule has 124 valence electrons. The fraction of sp³-hybridized carbons (Fsp3) is 0.588. The molecule has 0 atom stereocenters. The quantitative estimate of drug-likeness (QED) is 0.857. The first-order chi connectivity index (χ1) is 11.2. The van der Waals surface area contributed by atoms with Gasteiger partial charge < -0.3 is 10.6 Å². The van der Waals surface area contributed by atoms with Gasteiger partial charge in [0.25, 0.3) is 0 Å². The lowest BCUT2D eigenvalue weighted by molar-refractivity contribution is -0.125. The fourth-order valence-corrected chi connectivity index (χ4v) is 3.50. The fourth-order valence-electron chi connectivity index (χ4n) is 3.50. The van der Waals surface area contributed by atoms with E-state index in [1.165, 1.54) is 25.7 Å². The summed E-state index contributed by atoms with van der Waals surface area (Å²) in [4.78, 5) is 24.7. The Morgan fingerprint density at radius 1 is 1.09 bits per heavy atom. The molecule has 2 heterocycles. The van der Waals surface area contributed by atoms with Crippen molar-refractivity contribution in [3.8, 4) is 0 Å². The summed E-state index contributed by atoms with van der Waals surface area (Å²) in [5, 5.41) is 0. The van der Waals surface area contributed by atoms with Crippen LogP contribution in [-0.2, 0) is 4.79 Å². The van der Waals surface area contributed by atoms with Crippen LogP contribution in [0.2, 0.25) is 0 Å². The van der Waals surface area contributed by atoms with E-state index in [-0.39, 0.29) is 11.9 Å². The Labute approximate surface area is 137 Å². The Morgan fingerprint density at radius 2 is 1.83 bits per heavy atom. The van der Waals surface area contributed by atoms with Gasteiger partial charge in [-0.05, 0) is 25.3 Å². The maximum atomic E-state index is 12.4. The molecule has 6 heteroatoms. The molecule has 1 aliphatic heterocycles. The molecule has 1 saturated carbocycles. The molecule has 2 N–H and O–H groups in total. The van der Waals surface area contributed by atoms with Crippen molar-refractivity contribution < 1.29 is 4.79 Å². The van der Waals surface area contributed by atoms with Gasteiger partial charge in [0.05, 0.1) is 0 Å². The van der Waals surface area contributed by atoms with E-state index >= 15 is 0 Å². The van der Waals surface area contributed by atoms with E-state index in [4.69, 9.17) is 5.73 Å². The van der Waals surface area contributed by atoms with Gasteiger partial charge in [0.2, 0.25) is 11.9 Å². The van der Waals surface area contributed by atoms with Crippen LogP contribution in [0.15, 0.2) is 18.5 Å². The molecule has 1 aliphatic carbocycles. The number of nitrogens with two attached hydrogens (primary N) is 1. The lowest BCUT2D eigenvalue weighted by atomic mass is 10.2. The van der Waals surface area contributed by atoms with E-state index in [0.29, 0.717) is 0 Å². The Balaban J connectivity index is 1.54. The van der Waals surface area contributed by atoms with Crippen molar-refractivity contribution in [3.05, 3.63) is 24.0 Å². The Bertz CT molecular complexity index is 551. The summed E-state index contributed by atoms with van der Waals surface area (Å²) in [6.45, 7) is 3.77. The molecule has 23 heavy (non-hydrogen) atoms. The second-order valence-electron chi connectivity index (χ2n) is 6.36. The van der Waals surface area contributed by atoms with Gasteiger partial charge in [0.1, 0.15) is 0 Å². The van der Waals surface area contributed by atoms with E-state index in [2.05, 4.69) is 14.9 Å². The molecular weight excluding hydrogens is 290 g/mol. The number of rotatable bonds is 3. The van der Waals surface area contributed by atoms with Crippen LogP contribution in [0.4, 0.5) is 5.95 Å². The van der Waals surface area contributed by atoms with Gasteiger partial charge in [0, 0.05) is 56.3 Å². The highest BCUT2D eigenvalue weighted by atomic mass is 16.2. The first-order valence-corrected chi connectivity index (χ1v) is 8.51. The summed E-state index contributed by atoms with van der Waals surface area (Å²) in [6.07, 6.45) is 13.0. The third-order valence-corrected chi connectivity index (χ3v) is 4.79. The van der Waals surface area contributed by atoms with Gasteiger partial charge in [0.15, 0.2) is 0 Å². The highest BCUT2D eigenvalue weighted by Crippen LogP contribution is 2.24. The van der Waals surface area contributed by atoms with Crippen LogP contribution in [0.5, 0.6) is 0 Å². The highest BCUT2D eigenvalue weighted by molar-refractivity contribution is 5.91. The molecule has 6 nitrogen and oxygen atoms in total. The monoisotopic (exact) mass is 315 g/mol. The SMILES string of the molecule is Nc1ncc(C=CC(=O)N2CCCN(C3CCCC3)CC2)cn1. The standard InChI is InChI=1S/C17H25N5O/c18-17-19-12-14(13-20-17)6-7-16(23)22-9-3-8-21(10-11-22)15-4-1-2-5-15/h6-7,12-13,15H,1-5,8-11H2,(H2,18,19,20). The zero-order valence-electron chi connectivity index (χ0n) is 13.5. The van der Waals surface area contributed by atoms with E-state index in [1.807, 2.05) is 4.90 Å². The molecule has 0 unspecified atom stereocenters. The van der Waals surface area contributed by atoms with Crippen LogP contribution < -0.4 is 5.73 Å². The van der Waals surface area contributed by atoms with Crippen molar-refractivity contribution in [1.29, 1.82) is 0 Å². The summed E-state index contributed by atoms with van der Waals surface area (Å²) < 4.78 is 0. The zero-order chi connectivity index (χ0) is 16.1. The van der Waals surface area contributed by atoms with Gasteiger partial charge >= 0.3 is 0 Å². The number of hydrogen-bond acceptors (Lipinski definition) is 5. The smallest absolute Gasteiger partial charge is 0.246 e. The number of carbonyl (C=O) groups excluding carboxylic acids is 1. The van der Waals surface area contributed by atoms with Crippen molar-refractivity contribution >= 4 is 17.9 Å². The molecule has 1 amide bonds. The van der Waals surface area contributed by atoms with Gasteiger partial charge in [-0.1, -0.05) is 12.8 Å². The van der Waals surface area contributed by atoms with E-state index in [1.54, 1.807) is 24.5 Å². The van der Waals surface area contributed by atoms with Crippen molar-refractivity contribution in [1.82, 2.24) is 19.8 Å². The summed E-state index contributed by atoms with van der Waals surface area (Å²) in [6, 6.07) is 0.743. The zero-order valence-corrected chi connectivity index (χ0v) is 13.5. The minimum absolute atomic E-state index is 0.0649. The third-order valence-electron chi connectivity index (χ3n) is 4.79. The second-order valence-corrected chi connectivity index (χ2v) is 6.36. The Morgan fingerprint density at radius 3 is 2.57 bits per heavy atom. The van der Waals surface area contributed by atoms with Crippen LogP contribution >= 0.6 is 0 Å². The average Bonchev–Trinajstić information content (AvgIpc) is 2.98. The van der Waals surface area contributed by atoms with Gasteiger partial charge in [-0.15, -0.1) is 0 Å². The number of carbonyl (C=O) groups is 1. The summed E-state index contributed by atoms with van der Waals surface area (Å²) >= 11 is 0. The van der Waals surface area contributed by atoms with Crippen LogP contribution in [-0.4, -0.2) is 57.9 Å². The first-order valence-electron chi connectivity index (χ1n) is 8.51.